The third-order valence-electron chi connectivity index (χ3n) is 8.18. The molecule has 4 atom stereocenters. The van der Waals surface area contributed by atoms with Crippen LogP contribution in [-0.4, -0.2) is 56.9 Å². The van der Waals surface area contributed by atoms with Crippen molar-refractivity contribution in [2.45, 2.75) is 56.7 Å². The molecule has 6 nitrogen and oxygen atoms in total. The fourth-order valence-electron chi connectivity index (χ4n) is 6.09. The number of hydrogen-bond donors (Lipinski definition) is 2. The van der Waals surface area contributed by atoms with Crippen LogP contribution in [0.2, 0.25) is 5.04 Å². The highest BCUT2D eigenvalue weighted by molar-refractivity contribution is 6.99. The van der Waals surface area contributed by atoms with Gasteiger partial charge in [0.15, 0.2) is 0 Å². The van der Waals surface area contributed by atoms with Crippen molar-refractivity contribution in [2.75, 3.05) is 13.2 Å². The quantitative estimate of drug-likeness (QED) is 0.193. The molecule has 1 aliphatic heterocycles. The van der Waals surface area contributed by atoms with Gasteiger partial charge in [-0.05, 0) is 33.1 Å². The summed E-state index contributed by atoms with van der Waals surface area (Å²) in [4.78, 5) is 13.2. The van der Waals surface area contributed by atoms with Gasteiger partial charge < -0.3 is 24.3 Å². The average Bonchev–Trinajstić information content (AvgIpc) is 3.37. The molecule has 1 saturated heterocycles. The largest absolute Gasteiger partial charge is 0.454 e. The molecule has 0 aliphatic carbocycles. The van der Waals surface area contributed by atoms with Gasteiger partial charge in [0.05, 0.1) is 37.5 Å². The Kier molecular flexibility index (Phi) is 9.90. The highest BCUT2D eigenvalue weighted by Gasteiger charge is 2.52. The van der Waals surface area contributed by atoms with E-state index in [4.69, 9.17) is 13.9 Å². The molecule has 0 saturated carbocycles. The molecule has 0 aromatic heterocycles. The topological polar surface area (TPSA) is 77.0 Å². The predicted octanol–water partition coefficient (Wildman–Crippen LogP) is 4.71. The van der Waals surface area contributed by atoms with E-state index in [1.807, 2.05) is 48.5 Å². The maximum Gasteiger partial charge on any atom is 0.338 e. The summed E-state index contributed by atoms with van der Waals surface area (Å²) in [6.45, 7) is 7.15. The third kappa shape index (κ3) is 6.82. The van der Waals surface area contributed by atoms with Crippen LogP contribution in [0.1, 0.15) is 36.7 Å². The summed E-state index contributed by atoms with van der Waals surface area (Å²) in [5, 5.41) is 16.1. The Hall–Kier alpha value is -3.59. The van der Waals surface area contributed by atoms with Gasteiger partial charge in [-0.2, -0.15) is 0 Å². The van der Waals surface area contributed by atoms with Crippen LogP contribution in [0, 0.1) is 0 Å². The Morgan fingerprint density at radius 2 is 1.26 bits per heavy atom. The fraction of sp³-hybridized carbons (Fsp3) is 0.306. The van der Waals surface area contributed by atoms with Gasteiger partial charge in [-0.1, -0.05) is 130 Å². The molecule has 0 unspecified atom stereocenters. The lowest BCUT2D eigenvalue weighted by atomic mass is 10.1. The SMILES string of the molecule is CC(C)(C)[Si](OC[C@@H]1N[C@H](CO)[C@@H](OC(=O)c2ccccc2)[C@@H]1OCc1ccccc1)(c1ccccc1)c1ccccc1. The van der Waals surface area contributed by atoms with Crippen LogP contribution in [0.25, 0.3) is 0 Å². The Labute approximate surface area is 255 Å². The normalized spacial score (nSPS) is 20.6. The number of carbonyl (C=O) groups excluding carboxylic acids is 1. The number of esters is 1. The lowest BCUT2D eigenvalue weighted by Crippen LogP contribution is -2.67. The molecule has 4 aromatic rings. The van der Waals surface area contributed by atoms with Crippen molar-refractivity contribution in [1.82, 2.24) is 5.32 Å². The summed E-state index contributed by atoms with van der Waals surface area (Å²) in [7, 11) is -2.84. The molecule has 1 heterocycles. The molecule has 0 spiro atoms. The van der Waals surface area contributed by atoms with Crippen LogP contribution >= 0.6 is 0 Å². The first-order chi connectivity index (χ1) is 20.8. The van der Waals surface area contributed by atoms with Crippen LogP contribution in [-0.2, 0) is 20.5 Å². The molecule has 4 aromatic carbocycles. The second-order valence-corrected chi connectivity index (χ2v) is 16.3. The number of rotatable bonds is 11. The van der Waals surface area contributed by atoms with Crippen LogP contribution < -0.4 is 15.7 Å². The van der Waals surface area contributed by atoms with Crippen molar-refractivity contribution in [3.05, 3.63) is 132 Å². The maximum absolute atomic E-state index is 13.2. The van der Waals surface area contributed by atoms with Crippen molar-refractivity contribution < 1.29 is 23.8 Å². The summed E-state index contributed by atoms with van der Waals surface area (Å²) < 4.78 is 19.8. The molecule has 7 heteroatoms. The number of hydrogen-bond acceptors (Lipinski definition) is 6. The zero-order valence-electron chi connectivity index (χ0n) is 25.1. The summed E-state index contributed by atoms with van der Waals surface area (Å²) in [6.07, 6.45) is -1.27. The fourth-order valence-corrected chi connectivity index (χ4v) is 10.7. The van der Waals surface area contributed by atoms with Gasteiger partial charge in [0, 0.05) is 0 Å². The van der Waals surface area contributed by atoms with Gasteiger partial charge in [-0.15, -0.1) is 0 Å². The second kappa shape index (κ2) is 13.8. The molecule has 1 aliphatic rings. The van der Waals surface area contributed by atoms with Crippen molar-refractivity contribution in [2.24, 2.45) is 0 Å². The number of carbonyl (C=O) groups is 1. The predicted molar refractivity (Wildman–Crippen MR) is 172 cm³/mol. The zero-order chi connectivity index (χ0) is 30.3. The molecule has 0 radical (unpaired) electrons. The third-order valence-corrected chi connectivity index (χ3v) is 13.2. The Bertz CT molecular complexity index is 1390. The molecule has 5 rings (SSSR count). The highest BCUT2D eigenvalue weighted by Crippen LogP contribution is 2.37. The van der Waals surface area contributed by atoms with E-state index in [0.29, 0.717) is 18.8 Å². The minimum atomic E-state index is -2.84. The van der Waals surface area contributed by atoms with E-state index in [0.717, 1.165) is 5.56 Å². The van der Waals surface area contributed by atoms with E-state index in [-0.39, 0.29) is 17.7 Å². The van der Waals surface area contributed by atoms with E-state index in [2.05, 4.69) is 74.6 Å². The summed E-state index contributed by atoms with van der Waals surface area (Å²) in [5.41, 5.74) is 1.46. The molecule has 0 bridgehead atoms. The zero-order valence-corrected chi connectivity index (χ0v) is 26.1. The van der Waals surface area contributed by atoms with Gasteiger partial charge >= 0.3 is 5.97 Å². The summed E-state index contributed by atoms with van der Waals surface area (Å²) >= 11 is 0. The first kappa shape index (κ1) is 30.9. The van der Waals surface area contributed by atoms with Crippen molar-refractivity contribution in [1.29, 1.82) is 0 Å². The number of benzene rings is 4. The average molecular weight is 596 g/mol. The van der Waals surface area contributed by atoms with Crippen LogP contribution in [0.15, 0.2) is 121 Å². The highest BCUT2D eigenvalue weighted by atomic mass is 28.4. The van der Waals surface area contributed by atoms with E-state index in [1.54, 1.807) is 24.3 Å². The smallest absolute Gasteiger partial charge is 0.338 e. The molecule has 1 fully saturated rings. The molecule has 0 amide bonds. The van der Waals surface area contributed by atoms with E-state index in [9.17, 15) is 9.90 Å². The lowest BCUT2D eigenvalue weighted by molar-refractivity contribution is -0.0600. The van der Waals surface area contributed by atoms with Gasteiger partial charge in [-0.3, -0.25) is 0 Å². The summed E-state index contributed by atoms with van der Waals surface area (Å²) in [5.74, 6) is -0.451. The minimum absolute atomic E-state index is 0.204. The Morgan fingerprint density at radius 3 is 1.77 bits per heavy atom. The van der Waals surface area contributed by atoms with Gasteiger partial charge in [0.2, 0.25) is 0 Å². The lowest BCUT2D eigenvalue weighted by Gasteiger charge is -2.43. The molecule has 224 valence electrons. The van der Waals surface area contributed by atoms with Crippen LogP contribution in [0.4, 0.5) is 0 Å². The van der Waals surface area contributed by atoms with E-state index < -0.39 is 32.5 Å². The number of aliphatic hydroxyl groups is 1. The monoisotopic (exact) mass is 595 g/mol. The molecular formula is C36H41NO5Si. The molecular weight excluding hydrogens is 554 g/mol. The minimum Gasteiger partial charge on any atom is -0.454 e. The second-order valence-electron chi connectivity index (χ2n) is 12.0. The first-order valence-corrected chi connectivity index (χ1v) is 16.8. The number of aliphatic hydroxyl groups excluding tert-OH is 1. The Balaban J connectivity index is 1.48. The van der Waals surface area contributed by atoms with Crippen LogP contribution in [0.5, 0.6) is 0 Å². The van der Waals surface area contributed by atoms with Crippen molar-refractivity contribution in [3.8, 4) is 0 Å². The molecule has 43 heavy (non-hydrogen) atoms. The standard InChI is InChI=1S/C36H41NO5Si/c1-36(2,3)43(29-20-12-6-13-21-29,30-22-14-7-15-23-30)41-26-32-33(40-25-27-16-8-4-9-17-27)34(31(24-38)37-32)42-35(39)28-18-10-5-11-19-28/h4-23,31-34,37-38H,24-26H2,1-3H3/t31-,32+,33-,34-/m1/s1. The van der Waals surface area contributed by atoms with Gasteiger partial charge in [0.25, 0.3) is 8.32 Å². The van der Waals surface area contributed by atoms with Gasteiger partial charge in [0.1, 0.15) is 12.2 Å². The first-order valence-electron chi connectivity index (χ1n) is 14.9. The molecule has 2 N–H and O–H groups in total. The van der Waals surface area contributed by atoms with Gasteiger partial charge in [-0.25, -0.2) is 4.79 Å². The van der Waals surface area contributed by atoms with E-state index >= 15 is 0 Å². The van der Waals surface area contributed by atoms with Crippen molar-refractivity contribution in [3.63, 3.8) is 0 Å². The number of ether oxygens (including phenoxy) is 2. The Morgan fingerprint density at radius 1 is 0.744 bits per heavy atom. The summed E-state index contributed by atoms with van der Waals surface area (Å²) in [6, 6.07) is 38.9. The maximum atomic E-state index is 13.2. The van der Waals surface area contributed by atoms with Crippen LogP contribution in [0.3, 0.4) is 0 Å². The van der Waals surface area contributed by atoms with E-state index in [1.165, 1.54) is 10.4 Å². The van der Waals surface area contributed by atoms with Crippen molar-refractivity contribution >= 4 is 24.7 Å². The number of nitrogens with one attached hydrogen (secondary N) is 1.